The number of hydrogen-bond donors (Lipinski definition) is 0. The van der Waals surface area contributed by atoms with E-state index in [-0.39, 0.29) is 10.8 Å². The molecule has 5 aromatic carbocycles. The maximum atomic E-state index is 12.2. The van der Waals surface area contributed by atoms with Gasteiger partial charge in [-0.3, -0.25) is 4.79 Å². The van der Waals surface area contributed by atoms with E-state index >= 15 is 0 Å². The summed E-state index contributed by atoms with van der Waals surface area (Å²) in [6.07, 6.45) is 27.3. The number of nitrogens with zero attached hydrogens (tertiary/aromatic N) is 1. The first-order chi connectivity index (χ1) is 35.9. The predicted octanol–water partition coefficient (Wildman–Crippen LogP) is 22.0. The van der Waals surface area contributed by atoms with Crippen LogP contribution in [0.25, 0.3) is 42.4 Å². The Balaban J connectivity index is 1.19. The van der Waals surface area contributed by atoms with E-state index in [1.165, 1.54) is 221 Å². The topological polar surface area (TPSA) is 20.3 Å². The molecule has 0 atom stereocenters. The Kier molecular flexibility index (Phi) is 17.8. The standard InChI is InChI=1S/C69H83NOS2/c1-7-13-19-21-27-51-45-56(49-71)72-67(51)65-46-52(28-22-20-14-8-2)66(73-65)50-33-35-53(36-34-50)70(54-37-39-59-57-29-23-25-31-61(57)68(41-15-9-3,42-16-10-4)63(59)47-54)55-38-40-60-58-30-24-26-32-62(58)69(43-17-11-5,44-18-12-6)64(60)48-55/h23-26,29-40,45-49H,7-22,27-28,41-44H2,1-6H3. The van der Waals surface area contributed by atoms with E-state index in [1.54, 1.807) is 11.3 Å². The number of rotatable bonds is 28. The van der Waals surface area contributed by atoms with Crippen molar-refractivity contribution in [2.45, 2.75) is 194 Å². The minimum absolute atomic E-state index is 0.00660. The lowest BCUT2D eigenvalue weighted by Gasteiger charge is -2.35. The Morgan fingerprint density at radius 1 is 0.411 bits per heavy atom. The van der Waals surface area contributed by atoms with Crippen LogP contribution in [0, 0.1) is 0 Å². The molecule has 0 bridgehead atoms. The third-order valence-electron chi connectivity index (χ3n) is 16.8. The highest BCUT2D eigenvalue weighted by atomic mass is 32.1. The van der Waals surface area contributed by atoms with E-state index in [0.29, 0.717) is 0 Å². The fraction of sp³-hybridized carbons (Fsp3) is 0.435. The first-order valence-corrected chi connectivity index (χ1v) is 30.6. The van der Waals surface area contributed by atoms with Gasteiger partial charge in [0.15, 0.2) is 6.29 Å². The Labute approximate surface area is 448 Å². The maximum Gasteiger partial charge on any atom is 0.160 e. The van der Waals surface area contributed by atoms with Gasteiger partial charge >= 0.3 is 0 Å². The van der Waals surface area contributed by atoms with Gasteiger partial charge in [-0.25, -0.2) is 0 Å². The highest BCUT2D eigenvalue weighted by Crippen LogP contribution is 2.58. The first kappa shape index (κ1) is 52.8. The van der Waals surface area contributed by atoms with Crippen molar-refractivity contribution < 1.29 is 4.79 Å². The number of benzene rings is 5. The molecule has 73 heavy (non-hydrogen) atoms. The zero-order valence-corrected chi connectivity index (χ0v) is 47.0. The summed E-state index contributed by atoms with van der Waals surface area (Å²) in [6.45, 7) is 14.0. The van der Waals surface area contributed by atoms with Crippen LogP contribution in [0.1, 0.15) is 213 Å². The van der Waals surface area contributed by atoms with Gasteiger partial charge in [-0.05, 0) is 161 Å². The van der Waals surface area contributed by atoms with Crippen LogP contribution >= 0.6 is 22.7 Å². The second-order valence-electron chi connectivity index (χ2n) is 21.7. The van der Waals surface area contributed by atoms with E-state index in [4.69, 9.17) is 0 Å². The van der Waals surface area contributed by atoms with Crippen molar-refractivity contribution in [1.29, 1.82) is 0 Å². The zero-order valence-electron chi connectivity index (χ0n) is 45.4. The smallest absolute Gasteiger partial charge is 0.160 e. The monoisotopic (exact) mass is 1010 g/mol. The molecular formula is C69H83NOS2. The van der Waals surface area contributed by atoms with Crippen molar-refractivity contribution in [3.8, 4) is 42.4 Å². The molecule has 2 heterocycles. The molecule has 0 spiro atoms. The molecule has 382 valence electrons. The van der Waals surface area contributed by atoms with Crippen LogP contribution in [0.2, 0.25) is 0 Å². The van der Waals surface area contributed by atoms with E-state index in [1.807, 2.05) is 11.3 Å². The van der Waals surface area contributed by atoms with Crippen LogP contribution in [0.5, 0.6) is 0 Å². The summed E-state index contributed by atoms with van der Waals surface area (Å²) in [5.41, 5.74) is 19.5. The minimum Gasteiger partial charge on any atom is -0.310 e. The SMILES string of the molecule is CCCCCCc1cc(-c2sc(C=O)cc2CCCCCC)sc1-c1ccc(N(c2ccc3c(c2)C(CCCC)(CCCC)c2ccccc2-3)c2ccc3c(c2)C(CCCC)(CCCC)c2ccccc2-3)cc1. The van der Waals surface area contributed by atoms with Crippen molar-refractivity contribution >= 4 is 46.0 Å². The molecule has 0 amide bonds. The van der Waals surface area contributed by atoms with Crippen LogP contribution in [-0.4, -0.2) is 6.29 Å². The molecule has 2 aromatic heterocycles. The Morgan fingerprint density at radius 2 is 0.849 bits per heavy atom. The fourth-order valence-corrected chi connectivity index (χ4v) is 15.4. The summed E-state index contributed by atoms with van der Waals surface area (Å²) in [5, 5.41) is 0. The lowest BCUT2D eigenvalue weighted by Crippen LogP contribution is -2.26. The quantitative estimate of drug-likeness (QED) is 0.0360. The first-order valence-electron chi connectivity index (χ1n) is 29.0. The van der Waals surface area contributed by atoms with Gasteiger partial charge in [-0.15, -0.1) is 22.7 Å². The van der Waals surface area contributed by atoms with Crippen molar-refractivity contribution in [3.63, 3.8) is 0 Å². The van der Waals surface area contributed by atoms with E-state index < -0.39 is 0 Å². The summed E-state index contributed by atoms with van der Waals surface area (Å²) >= 11 is 3.63. The Morgan fingerprint density at radius 3 is 1.32 bits per heavy atom. The average Bonchev–Trinajstić information content (AvgIpc) is 4.18. The molecule has 0 saturated heterocycles. The number of carbonyl (C=O) groups excluding carboxylic acids is 1. The third kappa shape index (κ3) is 10.6. The molecule has 0 N–H and O–H groups in total. The predicted molar refractivity (Wildman–Crippen MR) is 319 cm³/mol. The summed E-state index contributed by atoms with van der Waals surface area (Å²) < 4.78 is 0. The molecular weight excluding hydrogens is 923 g/mol. The highest BCUT2D eigenvalue weighted by Gasteiger charge is 2.44. The molecule has 2 nitrogen and oxygen atoms in total. The molecule has 2 aliphatic carbocycles. The van der Waals surface area contributed by atoms with Crippen LogP contribution < -0.4 is 4.90 Å². The molecule has 0 unspecified atom stereocenters. The fourth-order valence-electron chi connectivity index (χ4n) is 13.0. The largest absolute Gasteiger partial charge is 0.310 e. The number of unbranched alkanes of at least 4 members (excludes halogenated alkanes) is 10. The van der Waals surface area contributed by atoms with Crippen molar-refractivity contribution in [2.24, 2.45) is 0 Å². The van der Waals surface area contributed by atoms with Crippen molar-refractivity contribution in [1.82, 2.24) is 0 Å². The van der Waals surface area contributed by atoms with Crippen LogP contribution in [0.4, 0.5) is 17.1 Å². The second-order valence-corrected chi connectivity index (χ2v) is 23.9. The molecule has 0 radical (unpaired) electrons. The molecule has 2 aliphatic rings. The maximum absolute atomic E-state index is 12.2. The van der Waals surface area contributed by atoms with Crippen molar-refractivity contribution in [2.75, 3.05) is 4.90 Å². The molecule has 4 heteroatoms. The number of anilines is 3. The van der Waals surface area contributed by atoms with Gasteiger partial charge in [-0.2, -0.15) is 0 Å². The second kappa shape index (κ2) is 24.5. The van der Waals surface area contributed by atoms with Gasteiger partial charge in [0, 0.05) is 42.5 Å². The van der Waals surface area contributed by atoms with Gasteiger partial charge in [0.25, 0.3) is 0 Å². The van der Waals surface area contributed by atoms with Crippen LogP contribution in [0.3, 0.4) is 0 Å². The number of aldehydes is 1. The minimum atomic E-state index is -0.00660. The third-order valence-corrected chi connectivity index (χ3v) is 19.3. The Hall–Kier alpha value is -5.03. The van der Waals surface area contributed by atoms with Gasteiger partial charge < -0.3 is 4.90 Å². The highest BCUT2D eigenvalue weighted by molar-refractivity contribution is 7.24. The number of hydrogen-bond acceptors (Lipinski definition) is 4. The summed E-state index contributed by atoms with van der Waals surface area (Å²) in [5.74, 6) is 0. The number of fused-ring (bicyclic) bond motifs is 6. The molecule has 0 aliphatic heterocycles. The molecule has 9 rings (SSSR count). The lowest BCUT2D eigenvalue weighted by atomic mass is 9.70. The normalized spacial score (nSPS) is 13.7. The van der Waals surface area contributed by atoms with Gasteiger partial charge in [-0.1, -0.05) is 204 Å². The zero-order chi connectivity index (χ0) is 50.8. The van der Waals surface area contributed by atoms with Crippen molar-refractivity contribution in [3.05, 3.63) is 160 Å². The molecule has 7 aromatic rings. The van der Waals surface area contributed by atoms with E-state index in [2.05, 4.69) is 168 Å². The van der Waals surface area contributed by atoms with Gasteiger partial charge in [0.2, 0.25) is 0 Å². The molecule has 0 saturated carbocycles. The summed E-state index contributed by atoms with van der Waals surface area (Å²) in [7, 11) is 0. The van der Waals surface area contributed by atoms with E-state index in [0.717, 1.165) is 24.0 Å². The van der Waals surface area contributed by atoms with Crippen LogP contribution in [0.15, 0.2) is 121 Å². The van der Waals surface area contributed by atoms with Gasteiger partial charge in [0.05, 0.1) is 4.88 Å². The summed E-state index contributed by atoms with van der Waals surface area (Å²) in [6, 6.07) is 48.1. The molecule has 0 fully saturated rings. The van der Waals surface area contributed by atoms with E-state index in [9.17, 15) is 4.79 Å². The lowest BCUT2D eigenvalue weighted by molar-refractivity contribution is 0.112. The average molecular weight is 1010 g/mol. The Bertz CT molecular complexity index is 2790. The number of carbonyl (C=O) groups is 1. The number of thiophene rings is 2. The summed E-state index contributed by atoms with van der Waals surface area (Å²) in [4.78, 5) is 19.7. The number of aryl methyl sites for hydroxylation is 2. The van der Waals surface area contributed by atoms with Crippen LogP contribution in [-0.2, 0) is 23.7 Å². The van der Waals surface area contributed by atoms with Gasteiger partial charge in [0.1, 0.15) is 0 Å².